The Morgan fingerprint density at radius 1 is 1.33 bits per heavy atom. The first kappa shape index (κ1) is 18.6. The lowest BCUT2D eigenvalue weighted by Crippen LogP contribution is -2.43. The van der Waals surface area contributed by atoms with Gasteiger partial charge in [0.25, 0.3) is 5.91 Å². The molecule has 1 saturated heterocycles. The summed E-state index contributed by atoms with van der Waals surface area (Å²) in [5.41, 5.74) is 2.06. The fourth-order valence-electron chi connectivity index (χ4n) is 3.24. The fourth-order valence-corrected chi connectivity index (χ4v) is 3.24. The second-order valence-electron chi connectivity index (χ2n) is 6.64. The first-order valence-electron chi connectivity index (χ1n) is 8.97. The van der Waals surface area contributed by atoms with Crippen LogP contribution in [-0.2, 0) is 4.79 Å². The van der Waals surface area contributed by atoms with Crippen molar-refractivity contribution in [1.82, 2.24) is 25.0 Å². The molecule has 2 amide bonds. The topological polar surface area (TPSA) is 106 Å². The van der Waals surface area contributed by atoms with Crippen LogP contribution >= 0.6 is 0 Å². The van der Waals surface area contributed by atoms with Gasteiger partial charge < -0.3 is 9.80 Å². The number of rotatable bonds is 5. The highest BCUT2D eigenvalue weighted by Gasteiger charge is 2.30. The number of pyridine rings is 1. The number of aromatic amines is 1. The van der Waals surface area contributed by atoms with Crippen LogP contribution in [0.4, 0.5) is 0 Å². The molecule has 1 fully saturated rings. The molecule has 8 heteroatoms. The van der Waals surface area contributed by atoms with E-state index in [9.17, 15) is 9.59 Å². The highest BCUT2D eigenvalue weighted by atomic mass is 16.2. The van der Waals surface area contributed by atoms with E-state index >= 15 is 0 Å². The van der Waals surface area contributed by atoms with E-state index in [4.69, 9.17) is 5.26 Å². The number of piperidine rings is 1. The van der Waals surface area contributed by atoms with E-state index in [-0.39, 0.29) is 17.7 Å². The molecule has 0 aliphatic carbocycles. The molecule has 0 aromatic carbocycles. The van der Waals surface area contributed by atoms with Gasteiger partial charge in [0.2, 0.25) is 5.91 Å². The van der Waals surface area contributed by atoms with Crippen molar-refractivity contribution in [3.63, 3.8) is 0 Å². The minimum atomic E-state index is -0.129. The van der Waals surface area contributed by atoms with Crippen molar-refractivity contribution in [2.75, 3.05) is 26.7 Å². The number of nitrogens with one attached hydrogen (secondary N) is 1. The Balaban J connectivity index is 1.57. The molecular formula is C19H22N6O2. The highest BCUT2D eigenvalue weighted by Crippen LogP contribution is 2.22. The van der Waals surface area contributed by atoms with Crippen LogP contribution in [0.25, 0.3) is 11.3 Å². The lowest BCUT2D eigenvalue weighted by atomic mass is 9.95. The molecule has 2 aromatic rings. The van der Waals surface area contributed by atoms with E-state index in [1.807, 2.05) is 12.1 Å². The molecule has 1 aliphatic heterocycles. The first-order valence-corrected chi connectivity index (χ1v) is 8.97. The SMILES string of the molecule is CN(CCC#N)C(=O)C1CCN(C(=O)c2cc(-c3ccncc3)[nH]n2)CC1. The largest absolute Gasteiger partial charge is 0.344 e. The smallest absolute Gasteiger partial charge is 0.274 e. The normalized spacial score (nSPS) is 14.6. The Kier molecular flexibility index (Phi) is 5.81. The third kappa shape index (κ3) is 4.31. The zero-order valence-electron chi connectivity index (χ0n) is 15.3. The van der Waals surface area contributed by atoms with Crippen LogP contribution in [0.3, 0.4) is 0 Å². The predicted octanol–water partition coefficient (Wildman–Crippen LogP) is 1.70. The van der Waals surface area contributed by atoms with Crippen molar-refractivity contribution in [3.8, 4) is 17.3 Å². The molecular weight excluding hydrogens is 344 g/mol. The van der Waals surface area contributed by atoms with Gasteiger partial charge in [-0.3, -0.25) is 19.7 Å². The van der Waals surface area contributed by atoms with Gasteiger partial charge in [-0.1, -0.05) is 0 Å². The zero-order chi connectivity index (χ0) is 19.2. The van der Waals surface area contributed by atoms with Crippen LogP contribution in [0.5, 0.6) is 0 Å². The van der Waals surface area contributed by atoms with Gasteiger partial charge in [0.1, 0.15) is 0 Å². The monoisotopic (exact) mass is 366 g/mol. The number of nitriles is 1. The summed E-state index contributed by atoms with van der Waals surface area (Å²) in [7, 11) is 1.72. The molecule has 0 radical (unpaired) electrons. The molecule has 27 heavy (non-hydrogen) atoms. The number of carbonyl (C=O) groups excluding carboxylic acids is 2. The van der Waals surface area contributed by atoms with Crippen LogP contribution < -0.4 is 0 Å². The molecule has 1 aliphatic rings. The van der Waals surface area contributed by atoms with Crippen molar-refractivity contribution >= 4 is 11.8 Å². The molecule has 0 spiro atoms. The van der Waals surface area contributed by atoms with E-state index in [0.29, 0.717) is 44.6 Å². The fraction of sp³-hybridized carbons (Fsp3) is 0.421. The summed E-state index contributed by atoms with van der Waals surface area (Å²) < 4.78 is 0. The average Bonchev–Trinajstić information content (AvgIpc) is 3.22. The van der Waals surface area contributed by atoms with E-state index in [0.717, 1.165) is 11.3 Å². The maximum absolute atomic E-state index is 12.7. The standard InChI is InChI=1S/C19H22N6O2/c1-24(10-2-7-20)18(26)15-5-11-25(12-6-15)19(27)17-13-16(22-23-17)14-3-8-21-9-4-14/h3-4,8-9,13,15H,2,5-6,10-12H2,1H3,(H,22,23). The number of hydrogen-bond acceptors (Lipinski definition) is 5. The Labute approximate surface area is 157 Å². The lowest BCUT2D eigenvalue weighted by molar-refractivity contribution is -0.135. The molecule has 3 rings (SSSR count). The maximum Gasteiger partial charge on any atom is 0.274 e. The zero-order valence-corrected chi connectivity index (χ0v) is 15.3. The maximum atomic E-state index is 12.7. The van der Waals surface area contributed by atoms with E-state index in [1.165, 1.54) is 0 Å². The summed E-state index contributed by atoms with van der Waals surface area (Å²) in [5.74, 6) is -0.170. The predicted molar refractivity (Wildman–Crippen MR) is 98.3 cm³/mol. The van der Waals surface area contributed by atoms with Crippen LogP contribution in [0.15, 0.2) is 30.6 Å². The van der Waals surface area contributed by atoms with Crippen molar-refractivity contribution in [2.24, 2.45) is 5.92 Å². The third-order valence-corrected chi connectivity index (χ3v) is 4.85. The minimum absolute atomic E-state index is 0.0529. The molecule has 0 saturated carbocycles. The molecule has 8 nitrogen and oxygen atoms in total. The van der Waals surface area contributed by atoms with Gasteiger partial charge in [-0.25, -0.2) is 0 Å². The van der Waals surface area contributed by atoms with Gasteiger partial charge in [-0.2, -0.15) is 10.4 Å². The van der Waals surface area contributed by atoms with Crippen LogP contribution in [-0.4, -0.2) is 63.5 Å². The van der Waals surface area contributed by atoms with Crippen molar-refractivity contribution in [3.05, 3.63) is 36.3 Å². The Hall–Kier alpha value is -3.21. The highest BCUT2D eigenvalue weighted by molar-refractivity contribution is 5.93. The van der Waals surface area contributed by atoms with E-state index < -0.39 is 0 Å². The molecule has 3 heterocycles. The van der Waals surface area contributed by atoms with E-state index in [1.54, 1.807) is 35.3 Å². The van der Waals surface area contributed by atoms with Crippen LogP contribution in [0.1, 0.15) is 29.8 Å². The quantitative estimate of drug-likeness (QED) is 0.867. The number of carbonyl (C=O) groups is 2. The van der Waals surface area contributed by atoms with E-state index in [2.05, 4.69) is 21.3 Å². The van der Waals surface area contributed by atoms with Gasteiger partial charge in [-0.15, -0.1) is 0 Å². The molecule has 1 N–H and O–H groups in total. The molecule has 2 aromatic heterocycles. The average molecular weight is 366 g/mol. The number of amides is 2. The first-order chi connectivity index (χ1) is 13.1. The summed E-state index contributed by atoms with van der Waals surface area (Å²) in [4.78, 5) is 32.4. The lowest BCUT2D eigenvalue weighted by Gasteiger charge is -2.32. The van der Waals surface area contributed by atoms with Crippen molar-refractivity contribution in [1.29, 1.82) is 5.26 Å². The van der Waals surface area contributed by atoms with Gasteiger partial charge in [0.05, 0.1) is 18.2 Å². The second-order valence-corrected chi connectivity index (χ2v) is 6.64. The summed E-state index contributed by atoms with van der Waals surface area (Å²) in [6, 6.07) is 7.49. The Bertz CT molecular complexity index is 833. The minimum Gasteiger partial charge on any atom is -0.344 e. The Morgan fingerprint density at radius 2 is 2.04 bits per heavy atom. The van der Waals surface area contributed by atoms with Crippen molar-refractivity contribution < 1.29 is 9.59 Å². The van der Waals surface area contributed by atoms with Gasteiger partial charge >= 0.3 is 0 Å². The number of nitrogens with zero attached hydrogens (tertiary/aromatic N) is 5. The molecule has 140 valence electrons. The molecule has 0 atom stereocenters. The Morgan fingerprint density at radius 3 is 2.70 bits per heavy atom. The van der Waals surface area contributed by atoms with Crippen LogP contribution in [0, 0.1) is 17.2 Å². The van der Waals surface area contributed by atoms with Gasteiger partial charge in [-0.05, 0) is 31.0 Å². The third-order valence-electron chi connectivity index (χ3n) is 4.85. The second kappa shape index (κ2) is 8.45. The van der Waals surface area contributed by atoms with Crippen LogP contribution in [0.2, 0.25) is 0 Å². The molecule has 0 unspecified atom stereocenters. The number of likely N-dealkylation sites (tertiary alicyclic amines) is 1. The summed E-state index contributed by atoms with van der Waals surface area (Å²) in [6.45, 7) is 1.50. The summed E-state index contributed by atoms with van der Waals surface area (Å²) in [6.07, 6.45) is 4.96. The van der Waals surface area contributed by atoms with Gasteiger partial charge in [0, 0.05) is 50.6 Å². The van der Waals surface area contributed by atoms with Crippen molar-refractivity contribution in [2.45, 2.75) is 19.3 Å². The molecule has 0 bridgehead atoms. The summed E-state index contributed by atoms with van der Waals surface area (Å²) >= 11 is 0. The number of hydrogen-bond donors (Lipinski definition) is 1. The number of H-pyrrole nitrogens is 1. The summed E-state index contributed by atoms with van der Waals surface area (Å²) in [5, 5.41) is 15.7. The number of aromatic nitrogens is 3. The van der Waals surface area contributed by atoms with Gasteiger partial charge in [0.15, 0.2) is 5.69 Å².